The van der Waals surface area contributed by atoms with Crippen molar-refractivity contribution in [2.75, 3.05) is 18.4 Å². The van der Waals surface area contributed by atoms with Crippen LogP contribution < -0.4 is 21.2 Å². The van der Waals surface area contributed by atoms with Gasteiger partial charge in [-0.25, -0.2) is 5.84 Å². The number of aryl methyl sites for hydroxylation is 1. The highest BCUT2D eigenvalue weighted by molar-refractivity contribution is 6.35. The van der Waals surface area contributed by atoms with Gasteiger partial charge in [-0.15, -0.1) is 18.3 Å². The second-order valence-corrected chi connectivity index (χ2v) is 7.86. The molecule has 0 saturated carbocycles. The molecule has 0 aliphatic carbocycles. The van der Waals surface area contributed by atoms with Gasteiger partial charge in [0.15, 0.2) is 0 Å². The number of rotatable bonds is 9. The van der Waals surface area contributed by atoms with Gasteiger partial charge in [-0.1, -0.05) is 0 Å². The van der Waals surface area contributed by atoms with Crippen molar-refractivity contribution in [2.45, 2.75) is 26.3 Å². The van der Waals surface area contributed by atoms with E-state index in [4.69, 9.17) is 5.84 Å². The fraction of sp³-hybridized carbons (Fsp3) is 0.273. The molecular formula is C22H24F3N7O4. The van der Waals surface area contributed by atoms with E-state index in [1.165, 1.54) is 12.1 Å². The number of hydrogen-bond acceptors (Lipinski definition) is 7. The maximum Gasteiger partial charge on any atom is 0.573 e. The lowest BCUT2D eigenvalue weighted by Gasteiger charge is -2.17. The molecule has 6 N–H and O–H groups in total. The molecule has 0 bridgehead atoms. The van der Waals surface area contributed by atoms with Crippen LogP contribution in [-0.4, -0.2) is 65.5 Å². The van der Waals surface area contributed by atoms with Gasteiger partial charge < -0.3 is 25.5 Å². The summed E-state index contributed by atoms with van der Waals surface area (Å²) >= 11 is 0. The number of aliphatic hydroxyl groups excluding tert-OH is 1. The summed E-state index contributed by atoms with van der Waals surface area (Å²) < 4.78 is 41.8. The topological polar surface area (TPSA) is 157 Å². The summed E-state index contributed by atoms with van der Waals surface area (Å²) in [6, 6.07) is 3.53. The Bertz CT molecular complexity index is 1240. The lowest BCUT2D eigenvalue weighted by Crippen LogP contribution is -2.42. The standard InChI is InChI=1S/C22H24F3N7O4/c1-11-18(7-16-15-6-14(36-22(23,24)25)4-5-17(15)31-20(16)34)30-12(2)19(11)21(35)28-8-13(33)9-32(26)10-29-27-3/h4-7,10,13,30,33H,3,8-9,26H2,1-2H3,(H,28,35)(H,31,34)/b16-7-,29-10-. The molecule has 1 aromatic heterocycles. The van der Waals surface area contributed by atoms with Crippen LogP contribution in [0, 0.1) is 13.8 Å². The Kier molecular flexibility index (Phi) is 7.80. The lowest BCUT2D eigenvalue weighted by molar-refractivity contribution is -0.274. The molecule has 0 radical (unpaired) electrons. The molecule has 14 heteroatoms. The number of alkyl halides is 3. The number of H-pyrrole nitrogens is 1. The molecule has 11 nitrogen and oxygen atoms in total. The second kappa shape index (κ2) is 10.6. The number of aliphatic hydroxyl groups is 1. The predicted octanol–water partition coefficient (Wildman–Crippen LogP) is 1.93. The number of nitrogens with one attached hydrogen (secondary N) is 3. The summed E-state index contributed by atoms with van der Waals surface area (Å²) in [6.07, 6.45) is -3.28. The number of carbonyl (C=O) groups excluding carboxylic acids is 2. The smallest absolute Gasteiger partial charge is 0.406 e. The summed E-state index contributed by atoms with van der Waals surface area (Å²) in [7, 11) is 0. The van der Waals surface area contributed by atoms with Gasteiger partial charge >= 0.3 is 6.36 Å². The maximum atomic E-state index is 12.8. The van der Waals surface area contributed by atoms with Gasteiger partial charge in [0.25, 0.3) is 11.8 Å². The minimum Gasteiger partial charge on any atom is -0.406 e. The van der Waals surface area contributed by atoms with Crippen LogP contribution in [0.5, 0.6) is 5.75 Å². The molecule has 2 heterocycles. The molecule has 1 unspecified atom stereocenters. The number of anilines is 1. The Balaban J connectivity index is 1.79. The van der Waals surface area contributed by atoms with Crippen LogP contribution >= 0.6 is 0 Å². The number of hydrazine groups is 1. The summed E-state index contributed by atoms with van der Waals surface area (Å²) in [5.41, 5.74) is 2.36. The van der Waals surface area contributed by atoms with E-state index < -0.39 is 30.0 Å². The molecule has 0 saturated heterocycles. The molecule has 0 fully saturated rings. The number of aromatic amines is 1. The number of halogens is 3. The molecule has 192 valence electrons. The Labute approximate surface area is 203 Å². The zero-order valence-corrected chi connectivity index (χ0v) is 19.3. The minimum absolute atomic E-state index is 0.0314. The molecule has 1 atom stereocenters. The SMILES string of the molecule is C=N/N=C\N(N)CC(O)CNC(=O)c1c(C)[nH]c(/C=C2\C(=O)Nc3ccc(OC(F)(F)F)cc32)c1C. The number of benzene rings is 1. The molecule has 2 aromatic rings. The van der Waals surface area contributed by atoms with Crippen molar-refractivity contribution in [3.63, 3.8) is 0 Å². The van der Waals surface area contributed by atoms with Crippen molar-refractivity contribution in [3.05, 3.63) is 46.3 Å². The Morgan fingerprint density at radius 1 is 1.39 bits per heavy atom. The zero-order valence-electron chi connectivity index (χ0n) is 19.3. The third kappa shape index (κ3) is 6.28. The molecule has 3 rings (SSSR count). The van der Waals surface area contributed by atoms with Crippen LogP contribution in [0.15, 0.2) is 28.4 Å². The van der Waals surface area contributed by atoms with E-state index in [9.17, 15) is 27.9 Å². The van der Waals surface area contributed by atoms with Crippen LogP contribution in [-0.2, 0) is 4.79 Å². The van der Waals surface area contributed by atoms with Crippen molar-refractivity contribution in [3.8, 4) is 5.75 Å². The molecule has 2 amide bonds. The summed E-state index contributed by atoms with van der Waals surface area (Å²) in [5.74, 6) is 4.14. The first-order valence-corrected chi connectivity index (χ1v) is 10.5. The molecule has 1 aliphatic heterocycles. The number of ether oxygens (including phenoxy) is 1. The highest BCUT2D eigenvalue weighted by Crippen LogP contribution is 2.37. The van der Waals surface area contributed by atoms with E-state index in [2.05, 4.69) is 37.3 Å². The van der Waals surface area contributed by atoms with Crippen molar-refractivity contribution in [1.82, 2.24) is 15.3 Å². The Hall–Kier alpha value is -4.17. The van der Waals surface area contributed by atoms with E-state index in [0.29, 0.717) is 28.2 Å². The Morgan fingerprint density at radius 3 is 2.78 bits per heavy atom. The molecule has 1 aliphatic rings. The first-order chi connectivity index (χ1) is 16.9. The normalized spacial score (nSPS) is 15.1. The zero-order chi connectivity index (χ0) is 26.6. The monoisotopic (exact) mass is 507 g/mol. The summed E-state index contributed by atoms with van der Waals surface area (Å²) in [5, 5.41) is 23.1. The van der Waals surface area contributed by atoms with Gasteiger partial charge in [0.05, 0.1) is 23.8 Å². The van der Waals surface area contributed by atoms with Crippen LogP contribution in [0.4, 0.5) is 18.9 Å². The molecule has 0 spiro atoms. The van der Waals surface area contributed by atoms with Gasteiger partial charge in [-0.05, 0) is 43.7 Å². The third-order valence-corrected chi connectivity index (χ3v) is 5.20. The maximum absolute atomic E-state index is 12.8. The predicted molar refractivity (Wildman–Crippen MR) is 127 cm³/mol. The number of amides is 2. The van der Waals surface area contributed by atoms with Gasteiger partial charge in [0, 0.05) is 35.9 Å². The number of nitrogens with two attached hydrogens (primary N) is 1. The fourth-order valence-electron chi connectivity index (χ4n) is 3.67. The van der Waals surface area contributed by atoms with E-state index in [1.807, 2.05) is 0 Å². The van der Waals surface area contributed by atoms with Crippen molar-refractivity contribution in [2.24, 2.45) is 16.0 Å². The highest BCUT2D eigenvalue weighted by Gasteiger charge is 2.33. The van der Waals surface area contributed by atoms with Crippen LogP contribution in [0.1, 0.15) is 32.9 Å². The molecule has 36 heavy (non-hydrogen) atoms. The quantitative estimate of drug-likeness (QED) is 0.115. The van der Waals surface area contributed by atoms with Crippen molar-refractivity contribution in [1.29, 1.82) is 0 Å². The van der Waals surface area contributed by atoms with E-state index >= 15 is 0 Å². The highest BCUT2D eigenvalue weighted by atomic mass is 19.4. The molecule has 1 aromatic carbocycles. The van der Waals surface area contributed by atoms with Crippen molar-refractivity contribution >= 4 is 42.2 Å². The summed E-state index contributed by atoms with van der Waals surface area (Å²) in [6.45, 7) is 6.32. The Morgan fingerprint density at radius 2 is 2.11 bits per heavy atom. The van der Waals surface area contributed by atoms with Crippen LogP contribution in [0.25, 0.3) is 11.6 Å². The lowest BCUT2D eigenvalue weighted by atomic mass is 10.0. The van der Waals surface area contributed by atoms with E-state index in [0.717, 1.165) is 23.5 Å². The van der Waals surface area contributed by atoms with Crippen LogP contribution in [0.2, 0.25) is 0 Å². The number of fused-ring (bicyclic) bond motifs is 1. The first-order valence-electron chi connectivity index (χ1n) is 10.5. The van der Waals surface area contributed by atoms with Gasteiger partial charge in [0.2, 0.25) is 0 Å². The average molecular weight is 507 g/mol. The fourth-order valence-corrected chi connectivity index (χ4v) is 3.67. The second-order valence-electron chi connectivity index (χ2n) is 7.86. The largest absolute Gasteiger partial charge is 0.573 e. The number of aromatic nitrogens is 1. The molecular weight excluding hydrogens is 483 g/mol. The van der Waals surface area contributed by atoms with Crippen LogP contribution in [0.3, 0.4) is 0 Å². The van der Waals surface area contributed by atoms with E-state index in [-0.39, 0.29) is 24.2 Å². The summed E-state index contributed by atoms with van der Waals surface area (Å²) in [4.78, 5) is 28.3. The van der Waals surface area contributed by atoms with Gasteiger partial charge in [-0.3, -0.25) is 14.6 Å². The number of hydrogen-bond donors (Lipinski definition) is 5. The van der Waals surface area contributed by atoms with Gasteiger partial charge in [0.1, 0.15) is 12.1 Å². The number of nitrogens with zero attached hydrogens (tertiary/aromatic N) is 3. The minimum atomic E-state index is -4.88. The van der Waals surface area contributed by atoms with Gasteiger partial charge in [-0.2, -0.15) is 5.10 Å². The third-order valence-electron chi connectivity index (χ3n) is 5.20. The first kappa shape index (κ1) is 26.4. The van der Waals surface area contributed by atoms with Crippen molar-refractivity contribution < 1.29 is 32.6 Å². The van der Waals surface area contributed by atoms with E-state index in [1.54, 1.807) is 13.8 Å². The number of carbonyl (C=O) groups is 2. The average Bonchev–Trinajstić information content (AvgIpc) is 3.24.